The molecule has 0 aliphatic carbocycles. The van der Waals surface area contributed by atoms with E-state index in [1.807, 2.05) is 36.4 Å². The predicted molar refractivity (Wildman–Crippen MR) is 111 cm³/mol. The lowest BCUT2D eigenvalue weighted by Gasteiger charge is -2.33. The number of carbonyl (C=O) groups is 1. The number of methoxy groups -OCH3 is 2. The molecule has 0 radical (unpaired) electrons. The summed E-state index contributed by atoms with van der Waals surface area (Å²) in [7, 11) is 2.56. The number of nitrogens with one attached hydrogen (secondary N) is 1. The van der Waals surface area contributed by atoms with Crippen molar-refractivity contribution < 1.29 is 27.4 Å². The zero-order valence-corrected chi connectivity index (χ0v) is 16.9. The third-order valence-corrected chi connectivity index (χ3v) is 5.48. The Morgan fingerprint density at radius 1 is 0.968 bits per heavy atom. The van der Waals surface area contributed by atoms with Gasteiger partial charge < -0.3 is 14.4 Å². The second-order valence-electron chi connectivity index (χ2n) is 7.27. The summed E-state index contributed by atoms with van der Waals surface area (Å²) in [5, 5.41) is 4.72. The van der Waals surface area contributed by atoms with Gasteiger partial charge in [-0.2, -0.15) is 13.2 Å². The molecule has 8 heteroatoms. The van der Waals surface area contributed by atoms with Crippen molar-refractivity contribution in [1.29, 1.82) is 0 Å². The number of nitrogens with zero attached hydrogens (tertiary/aromatic N) is 1. The van der Waals surface area contributed by atoms with Gasteiger partial charge in [0, 0.05) is 5.69 Å². The molecule has 1 aliphatic rings. The normalized spacial score (nSPS) is 21.3. The van der Waals surface area contributed by atoms with Crippen molar-refractivity contribution in [3.8, 4) is 5.75 Å². The van der Waals surface area contributed by atoms with Crippen LogP contribution in [0, 0.1) is 0 Å². The van der Waals surface area contributed by atoms with Crippen LogP contribution in [0.2, 0.25) is 0 Å². The largest absolute Gasteiger partial charge is 0.497 e. The van der Waals surface area contributed by atoms with Crippen molar-refractivity contribution in [3.63, 3.8) is 0 Å². The number of ether oxygens (including phenoxy) is 2. The zero-order chi connectivity index (χ0) is 22.2. The second kappa shape index (κ2) is 8.11. The van der Waals surface area contributed by atoms with Crippen LogP contribution in [0.15, 0.2) is 66.7 Å². The Kier molecular flexibility index (Phi) is 5.49. The van der Waals surface area contributed by atoms with E-state index in [9.17, 15) is 18.0 Å². The van der Waals surface area contributed by atoms with Crippen LogP contribution in [0.3, 0.4) is 0 Å². The van der Waals surface area contributed by atoms with Gasteiger partial charge in [0.05, 0.1) is 14.2 Å². The number of anilines is 1. The van der Waals surface area contributed by atoms with Crippen LogP contribution in [-0.4, -0.2) is 38.4 Å². The first-order chi connectivity index (χ1) is 14.8. The van der Waals surface area contributed by atoms with E-state index in [0.717, 1.165) is 17.9 Å². The smallest absolute Gasteiger partial charge is 0.410 e. The van der Waals surface area contributed by atoms with E-state index in [4.69, 9.17) is 4.74 Å². The molecule has 162 valence electrons. The van der Waals surface area contributed by atoms with Crippen molar-refractivity contribution in [2.45, 2.75) is 24.4 Å². The molecule has 1 aliphatic heterocycles. The molecule has 0 aromatic heterocycles. The molecule has 0 bridgehead atoms. The van der Waals surface area contributed by atoms with Gasteiger partial charge in [-0.15, -0.1) is 0 Å². The van der Waals surface area contributed by atoms with E-state index < -0.39 is 30.4 Å². The van der Waals surface area contributed by atoms with Crippen LogP contribution in [0.1, 0.15) is 11.7 Å². The molecule has 1 heterocycles. The Bertz CT molecular complexity index is 1090. The van der Waals surface area contributed by atoms with Gasteiger partial charge in [-0.05, 0) is 46.7 Å². The highest BCUT2D eigenvalue weighted by molar-refractivity contribution is 5.84. The summed E-state index contributed by atoms with van der Waals surface area (Å²) >= 11 is 0. The lowest BCUT2D eigenvalue weighted by Crippen LogP contribution is -2.51. The maximum Gasteiger partial charge on any atom is 0.410 e. The molecule has 0 spiro atoms. The van der Waals surface area contributed by atoms with E-state index in [0.29, 0.717) is 17.0 Å². The molecule has 0 unspecified atom stereocenters. The molecule has 31 heavy (non-hydrogen) atoms. The minimum atomic E-state index is -4.68. The van der Waals surface area contributed by atoms with Crippen molar-refractivity contribution in [1.82, 2.24) is 5.32 Å². The number of benzene rings is 3. The highest BCUT2D eigenvalue weighted by Crippen LogP contribution is 2.42. The monoisotopic (exact) mass is 430 g/mol. The Morgan fingerprint density at radius 2 is 1.65 bits per heavy atom. The van der Waals surface area contributed by atoms with Crippen molar-refractivity contribution >= 4 is 22.4 Å². The van der Waals surface area contributed by atoms with E-state index in [1.165, 1.54) is 12.0 Å². The van der Waals surface area contributed by atoms with Crippen LogP contribution >= 0.6 is 0 Å². The van der Waals surface area contributed by atoms with Gasteiger partial charge in [-0.1, -0.05) is 36.4 Å². The molecule has 4 rings (SSSR count). The first-order valence-corrected chi connectivity index (χ1v) is 9.65. The van der Waals surface area contributed by atoms with E-state index in [-0.39, 0.29) is 0 Å². The van der Waals surface area contributed by atoms with Crippen LogP contribution in [0.5, 0.6) is 5.75 Å². The zero-order valence-electron chi connectivity index (χ0n) is 16.9. The summed E-state index contributed by atoms with van der Waals surface area (Å²) in [6.45, 7) is 0. The fourth-order valence-corrected chi connectivity index (χ4v) is 4.03. The predicted octanol–water partition coefficient (Wildman–Crippen LogP) is 4.43. The summed E-state index contributed by atoms with van der Waals surface area (Å²) < 4.78 is 52.5. The molecule has 3 aromatic rings. The van der Waals surface area contributed by atoms with Gasteiger partial charge in [0.2, 0.25) is 0 Å². The minimum Gasteiger partial charge on any atom is -0.497 e. The number of fused-ring (bicyclic) bond motifs is 1. The fraction of sp³-hybridized carbons (Fsp3) is 0.261. The summed E-state index contributed by atoms with van der Waals surface area (Å²) in [4.78, 5) is 13.5. The SMILES string of the molecule is COC(=O)[C@@H]1N[C@@H](c2ccc3ccccc3c2)N(c2ccc(OC)cc2)[C@H]1C(F)(F)F. The van der Waals surface area contributed by atoms with Gasteiger partial charge in [0.25, 0.3) is 0 Å². The third kappa shape index (κ3) is 3.90. The van der Waals surface area contributed by atoms with Crippen molar-refractivity contribution in [2.75, 3.05) is 19.1 Å². The lowest BCUT2D eigenvalue weighted by molar-refractivity contribution is -0.164. The molecule has 1 saturated heterocycles. The number of hydrogen-bond acceptors (Lipinski definition) is 5. The van der Waals surface area contributed by atoms with Crippen LogP contribution < -0.4 is 15.0 Å². The molecule has 1 N–H and O–H groups in total. The summed E-state index contributed by atoms with van der Waals surface area (Å²) in [5.41, 5.74) is 0.912. The van der Waals surface area contributed by atoms with Crippen molar-refractivity contribution in [2.24, 2.45) is 0 Å². The number of alkyl halides is 3. The first-order valence-electron chi connectivity index (χ1n) is 9.65. The second-order valence-corrected chi connectivity index (χ2v) is 7.27. The fourth-order valence-electron chi connectivity index (χ4n) is 4.03. The Morgan fingerprint density at radius 3 is 2.26 bits per heavy atom. The molecule has 5 nitrogen and oxygen atoms in total. The highest BCUT2D eigenvalue weighted by Gasteiger charge is 2.58. The maximum absolute atomic E-state index is 14.2. The van der Waals surface area contributed by atoms with Crippen LogP contribution in [-0.2, 0) is 9.53 Å². The molecule has 0 saturated carbocycles. The minimum absolute atomic E-state index is 0.306. The molecule has 3 atom stereocenters. The number of esters is 1. The lowest BCUT2D eigenvalue weighted by atomic mass is 10.0. The van der Waals surface area contributed by atoms with Crippen LogP contribution in [0.25, 0.3) is 10.8 Å². The molecule has 3 aromatic carbocycles. The summed E-state index contributed by atoms with van der Waals surface area (Å²) in [6, 6.07) is 15.6. The average Bonchev–Trinajstić information content (AvgIpc) is 3.19. The third-order valence-electron chi connectivity index (χ3n) is 5.48. The van der Waals surface area contributed by atoms with Crippen LogP contribution in [0.4, 0.5) is 18.9 Å². The van der Waals surface area contributed by atoms with Gasteiger partial charge >= 0.3 is 12.1 Å². The Hall–Kier alpha value is -3.26. The van der Waals surface area contributed by atoms with Gasteiger partial charge in [0.1, 0.15) is 18.0 Å². The molecular weight excluding hydrogens is 409 g/mol. The van der Waals surface area contributed by atoms with Crippen molar-refractivity contribution in [3.05, 3.63) is 72.3 Å². The highest BCUT2D eigenvalue weighted by atomic mass is 19.4. The molecule has 1 fully saturated rings. The van der Waals surface area contributed by atoms with E-state index in [1.54, 1.807) is 30.3 Å². The number of halogens is 3. The molecular formula is C23H21F3N2O3. The molecule has 0 amide bonds. The number of carbonyl (C=O) groups excluding carboxylic acids is 1. The van der Waals surface area contributed by atoms with Gasteiger partial charge in [0.15, 0.2) is 6.04 Å². The standard InChI is InChI=1S/C23H21F3N2O3/c1-30-18-11-9-17(10-12-18)28-20(23(24,25)26)19(22(29)31-2)27-21(28)16-8-7-14-5-3-4-6-15(14)13-16/h3-13,19-21,27H,1-2H3/t19-,20-,21-/m1/s1. The first kappa shape index (κ1) is 21.0. The number of hydrogen-bond donors (Lipinski definition) is 1. The topological polar surface area (TPSA) is 50.8 Å². The summed E-state index contributed by atoms with van der Waals surface area (Å²) in [5.74, 6) is -0.449. The quantitative estimate of drug-likeness (QED) is 0.621. The van der Waals surface area contributed by atoms with Gasteiger partial charge in [-0.25, -0.2) is 0 Å². The van der Waals surface area contributed by atoms with E-state index in [2.05, 4.69) is 10.1 Å². The Labute approximate surface area is 177 Å². The van der Waals surface area contributed by atoms with Gasteiger partial charge in [-0.3, -0.25) is 10.1 Å². The number of rotatable bonds is 4. The summed E-state index contributed by atoms with van der Waals surface area (Å²) in [6.07, 6.45) is -5.58. The van der Waals surface area contributed by atoms with E-state index >= 15 is 0 Å². The maximum atomic E-state index is 14.2. The average molecular weight is 430 g/mol. The Balaban J connectivity index is 1.85.